The molecule has 0 saturated carbocycles. The monoisotopic (exact) mass is 393 g/mol. The van der Waals surface area contributed by atoms with Gasteiger partial charge in [0.1, 0.15) is 11.3 Å². The van der Waals surface area contributed by atoms with Crippen molar-refractivity contribution in [3.8, 4) is 5.75 Å². The van der Waals surface area contributed by atoms with Crippen molar-refractivity contribution in [2.45, 2.75) is 33.2 Å². The summed E-state index contributed by atoms with van der Waals surface area (Å²) in [5.41, 5.74) is 1.47. The van der Waals surface area contributed by atoms with E-state index in [9.17, 15) is 18.0 Å². The molecule has 1 fully saturated rings. The second-order valence-electron chi connectivity index (χ2n) is 6.84. The van der Waals surface area contributed by atoms with E-state index in [2.05, 4.69) is 0 Å². The molecule has 1 aromatic carbocycles. The third-order valence-corrected chi connectivity index (χ3v) is 6.73. The molecule has 0 N–H and O–H groups in total. The highest BCUT2D eigenvalue weighted by molar-refractivity contribution is 7.91. The number of fused-ring (bicyclic) bond motifs is 1. The Balaban J connectivity index is 1.77. The van der Waals surface area contributed by atoms with Crippen molar-refractivity contribution in [1.29, 1.82) is 0 Å². The second kappa shape index (κ2) is 7.34. The molecule has 2 heterocycles. The Kier molecular flexibility index (Phi) is 5.28. The molecule has 1 aliphatic heterocycles. The highest BCUT2D eigenvalue weighted by atomic mass is 32.2. The van der Waals surface area contributed by atoms with Gasteiger partial charge < -0.3 is 14.1 Å². The van der Waals surface area contributed by atoms with Crippen LogP contribution in [0, 0.1) is 13.8 Å². The summed E-state index contributed by atoms with van der Waals surface area (Å²) in [5.74, 6) is 0.320. The molecule has 1 saturated heterocycles. The van der Waals surface area contributed by atoms with E-state index in [1.54, 1.807) is 24.0 Å². The summed E-state index contributed by atoms with van der Waals surface area (Å²) in [4.78, 5) is 25.8. The maximum absolute atomic E-state index is 12.6. The fourth-order valence-corrected chi connectivity index (χ4v) is 5.27. The van der Waals surface area contributed by atoms with Gasteiger partial charge in [-0.05, 0) is 44.9 Å². The van der Waals surface area contributed by atoms with E-state index in [1.165, 1.54) is 6.07 Å². The van der Waals surface area contributed by atoms with Crippen LogP contribution in [0.25, 0.3) is 11.0 Å². The molecule has 146 valence electrons. The van der Waals surface area contributed by atoms with Gasteiger partial charge in [-0.15, -0.1) is 0 Å². The van der Waals surface area contributed by atoms with E-state index in [0.29, 0.717) is 29.9 Å². The third-order valence-electron chi connectivity index (χ3n) is 4.98. The minimum atomic E-state index is -3.07. The number of amides is 1. The Morgan fingerprint density at radius 2 is 2.07 bits per heavy atom. The maximum Gasteiger partial charge on any atom is 0.336 e. The van der Waals surface area contributed by atoms with Gasteiger partial charge in [0.05, 0.1) is 11.5 Å². The van der Waals surface area contributed by atoms with Gasteiger partial charge in [0, 0.05) is 29.6 Å². The first-order valence-corrected chi connectivity index (χ1v) is 10.7. The van der Waals surface area contributed by atoms with Crippen molar-refractivity contribution in [3.05, 3.63) is 39.7 Å². The van der Waals surface area contributed by atoms with Crippen molar-refractivity contribution < 1.29 is 22.4 Å². The molecule has 0 spiro atoms. The summed E-state index contributed by atoms with van der Waals surface area (Å²) in [5, 5.41) is 0.817. The quantitative estimate of drug-likeness (QED) is 0.720. The number of sulfone groups is 1. The van der Waals surface area contributed by atoms with E-state index >= 15 is 0 Å². The normalized spacial score (nSPS) is 18.6. The average molecular weight is 393 g/mol. The molecule has 1 aromatic heterocycles. The Labute approximate surface area is 157 Å². The molecule has 2 aromatic rings. The first kappa shape index (κ1) is 19.4. The van der Waals surface area contributed by atoms with Crippen molar-refractivity contribution in [3.63, 3.8) is 0 Å². The molecular weight excluding hydrogens is 370 g/mol. The number of carbonyl (C=O) groups is 1. The van der Waals surface area contributed by atoms with Gasteiger partial charge in [0.25, 0.3) is 5.91 Å². The zero-order valence-electron chi connectivity index (χ0n) is 15.6. The maximum atomic E-state index is 12.6. The SMILES string of the molecule is CCN(C(=O)COc1ccc2c(C)cc(=O)oc2c1C)C1CCS(=O)(=O)C1. The molecule has 1 amide bonds. The molecule has 1 atom stereocenters. The van der Waals surface area contributed by atoms with E-state index in [0.717, 1.165) is 10.9 Å². The molecule has 0 aliphatic carbocycles. The van der Waals surface area contributed by atoms with Gasteiger partial charge in [-0.25, -0.2) is 13.2 Å². The summed E-state index contributed by atoms with van der Waals surface area (Å²) in [6.07, 6.45) is 0.460. The van der Waals surface area contributed by atoms with Crippen LogP contribution in [0.15, 0.2) is 27.4 Å². The zero-order chi connectivity index (χ0) is 19.8. The minimum Gasteiger partial charge on any atom is -0.483 e. The number of benzene rings is 1. The third kappa shape index (κ3) is 4.00. The summed E-state index contributed by atoms with van der Waals surface area (Å²) < 4.78 is 34.3. The van der Waals surface area contributed by atoms with Gasteiger partial charge in [0.2, 0.25) is 0 Å². The first-order valence-electron chi connectivity index (χ1n) is 8.88. The van der Waals surface area contributed by atoms with Crippen LogP contribution in [0.2, 0.25) is 0 Å². The van der Waals surface area contributed by atoms with Crippen molar-refractivity contribution in [2.75, 3.05) is 24.7 Å². The lowest BCUT2D eigenvalue weighted by Gasteiger charge is -2.27. The highest BCUT2D eigenvalue weighted by Gasteiger charge is 2.34. The predicted molar refractivity (Wildman–Crippen MR) is 102 cm³/mol. The summed E-state index contributed by atoms with van der Waals surface area (Å²) >= 11 is 0. The van der Waals surface area contributed by atoms with E-state index in [1.807, 2.05) is 13.8 Å². The zero-order valence-corrected chi connectivity index (χ0v) is 16.5. The van der Waals surface area contributed by atoms with Crippen LogP contribution in [-0.4, -0.2) is 49.9 Å². The Morgan fingerprint density at radius 3 is 2.70 bits per heavy atom. The van der Waals surface area contributed by atoms with Crippen LogP contribution in [0.4, 0.5) is 0 Å². The summed E-state index contributed by atoms with van der Waals surface area (Å²) in [6.45, 7) is 5.64. The largest absolute Gasteiger partial charge is 0.483 e. The van der Waals surface area contributed by atoms with E-state index < -0.39 is 15.5 Å². The molecule has 0 bridgehead atoms. The molecule has 7 nitrogen and oxygen atoms in total. The number of likely N-dealkylation sites (N-methyl/N-ethyl adjacent to an activating group) is 1. The highest BCUT2D eigenvalue weighted by Crippen LogP contribution is 2.28. The fourth-order valence-electron chi connectivity index (χ4n) is 3.54. The van der Waals surface area contributed by atoms with Crippen LogP contribution in [0.1, 0.15) is 24.5 Å². The second-order valence-corrected chi connectivity index (χ2v) is 9.07. The van der Waals surface area contributed by atoms with Gasteiger partial charge in [0.15, 0.2) is 16.4 Å². The number of rotatable bonds is 5. The van der Waals surface area contributed by atoms with Crippen LogP contribution >= 0.6 is 0 Å². The molecule has 0 radical (unpaired) electrons. The van der Waals surface area contributed by atoms with Crippen LogP contribution in [0.3, 0.4) is 0 Å². The Morgan fingerprint density at radius 1 is 1.33 bits per heavy atom. The molecule has 1 unspecified atom stereocenters. The lowest BCUT2D eigenvalue weighted by atomic mass is 10.1. The van der Waals surface area contributed by atoms with Crippen molar-refractivity contribution in [1.82, 2.24) is 4.90 Å². The van der Waals surface area contributed by atoms with E-state index in [-0.39, 0.29) is 30.1 Å². The number of hydrogen-bond acceptors (Lipinski definition) is 6. The topological polar surface area (TPSA) is 93.9 Å². The summed E-state index contributed by atoms with van der Waals surface area (Å²) in [6, 6.07) is 4.67. The smallest absolute Gasteiger partial charge is 0.336 e. The van der Waals surface area contributed by atoms with Gasteiger partial charge >= 0.3 is 5.63 Å². The minimum absolute atomic E-state index is 0.00597. The fraction of sp³-hybridized carbons (Fsp3) is 0.474. The average Bonchev–Trinajstić information content (AvgIpc) is 2.95. The van der Waals surface area contributed by atoms with Crippen LogP contribution in [-0.2, 0) is 14.6 Å². The number of hydrogen-bond donors (Lipinski definition) is 0. The number of nitrogens with zero attached hydrogens (tertiary/aromatic N) is 1. The molecule has 1 aliphatic rings. The standard InChI is InChI=1S/C19H23NO6S/c1-4-20(14-7-8-27(23,24)11-14)17(21)10-25-16-6-5-15-12(2)9-18(22)26-19(15)13(16)3/h5-6,9,14H,4,7-8,10-11H2,1-3H3. The molecule has 3 rings (SSSR count). The lowest BCUT2D eigenvalue weighted by Crippen LogP contribution is -2.43. The predicted octanol–water partition coefficient (Wildman–Crippen LogP) is 1.82. The number of ether oxygens (including phenoxy) is 1. The van der Waals surface area contributed by atoms with Crippen LogP contribution < -0.4 is 10.4 Å². The lowest BCUT2D eigenvalue weighted by molar-refractivity contribution is -0.135. The van der Waals surface area contributed by atoms with Gasteiger partial charge in [-0.2, -0.15) is 0 Å². The molecular formula is C19H23NO6S. The van der Waals surface area contributed by atoms with Gasteiger partial charge in [-0.3, -0.25) is 4.79 Å². The van der Waals surface area contributed by atoms with Crippen molar-refractivity contribution in [2.24, 2.45) is 0 Å². The number of aryl methyl sites for hydroxylation is 2. The summed E-state index contributed by atoms with van der Waals surface area (Å²) in [7, 11) is -3.07. The first-order chi connectivity index (χ1) is 12.7. The Bertz CT molecular complexity index is 1040. The van der Waals surface area contributed by atoms with E-state index in [4.69, 9.17) is 9.15 Å². The molecule has 27 heavy (non-hydrogen) atoms. The van der Waals surface area contributed by atoms with Gasteiger partial charge in [-0.1, -0.05) is 0 Å². The Hall–Kier alpha value is -2.35. The van der Waals surface area contributed by atoms with Crippen molar-refractivity contribution >= 4 is 26.7 Å². The number of carbonyl (C=O) groups excluding carboxylic acids is 1. The van der Waals surface area contributed by atoms with Crippen LogP contribution in [0.5, 0.6) is 5.75 Å². The molecule has 8 heteroatoms.